The van der Waals surface area contributed by atoms with Crippen LogP contribution in [0.15, 0.2) is 58.6 Å². The van der Waals surface area contributed by atoms with Gasteiger partial charge in [0.25, 0.3) is 0 Å². The Morgan fingerprint density at radius 3 is 2.79 bits per heavy atom. The summed E-state index contributed by atoms with van der Waals surface area (Å²) in [5.74, 6) is 0.0607. The molecule has 19 heavy (non-hydrogen) atoms. The molecule has 0 radical (unpaired) electrons. The summed E-state index contributed by atoms with van der Waals surface area (Å²) in [5, 5.41) is 2.30. The number of allylic oxidation sites excluding steroid dienone is 4. The van der Waals surface area contributed by atoms with Crippen molar-refractivity contribution in [1.29, 1.82) is 0 Å². The fourth-order valence-electron chi connectivity index (χ4n) is 2.83. The van der Waals surface area contributed by atoms with Crippen LogP contribution in [0.5, 0.6) is 0 Å². The fourth-order valence-corrected chi connectivity index (χ4v) is 2.83. The normalized spacial score (nSPS) is 22.8. The average molecular weight is 246 g/mol. The third kappa shape index (κ3) is 1.41. The van der Waals surface area contributed by atoms with Gasteiger partial charge in [0.2, 0.25) is 0 Å². The van der Waals surface area contributed by atoms with E-state index in [1.165, 1.54) is 10.8 Å². The Kier molecular flexibility index (Phi) is 2.03. The summed E-state index contributed by atoms with van der Waals surface area (Å²) < 4.78 is 0. The second kappa shape index (κ2) is 3.72. The molecule has 3 nitrogen and oxygen atoms in total. The molecule has 4 rings (SSSR count). The van der Waals surface area contributed by atoms with Crippen molar-refractivity contribution in [2.75, 3.05) is 0 Å². The van der Waals surface area contributed by atoms with Gasteiger partial charge in [0.1, 0.15) is 0 Å². The van der Waals surface area contributed by atoms with E-state index in [1.807, 2.05) is 24.3 Å². The predicted molar refractivity (Wildman–Crippen MR) is 75.6 cm³/mol. The molecular weight excluding hydrogens is 236 g/mol. The van der Waals surface area contributed by atoms with Crippen molar-refractivity contribution < 1.29 is 4.79 Å². The summed E-state index contributed by atoms with van der Waals surface area (Å²) in [4.78, 5) is 19.4. The van der Waals surface area contributed by atoms with Gasteiger partial charge in [-0.05, 0) is 16.0 Å². The molecule has 1 aromatic rings. The summed E-state index contributed by atoms with van der Waals surface area (Å²) >= 11 is 0. The molecule has 0 spiro atoms. The number of rotatable bonds is 0. The van der Waals surface area contributed by atoms with Gasteiger partial charge in [0, 0.05) is 17.7 Å². The van der Waals surface area contributed by atoms with E-state index >= 15 is 0 Å². The van der Waals surface area contributed by atoms with E-state index in [2.05, 4.69) is 34.3 Å². The highest BCUT2D eigenvalue weighted by Crippen LogP contribution is 2.26. The quantitative estimate of drug-likeness (QED) is 0.682. The zero-order valence-electron chi connectivity index (χ0n) is 10.1. The van der Waals surface area contributed by atoms with Gasteiger partial charge < -0.3 is 0 Å². The molecule has 1 atom stereocenters. The van der Waals surface area contributed by atoms with E-state index in [4.69, 9.17) is 0 Å². The first-order valence-corrected chi connectivity index (χ1v) is 6.20. The molecule has 0 N–H and O–H groups in total. The lowest BCUT2D eigenvalue weighted by molar-refractivity contribution is 0.257. The number of carbonyl (C=O) groups is 1. The molecule has 1 unspecified atom stereocenters. The van der Waals surface area contributed by atoms with Gasteiger partial charge in [-0.3, -0.25) is 0 Å². The number of fused-ring (bicyclic) bond motifs is 4. The first kappa shape index (κ1) is 10.4. The van der Waals surface area contributed by atoms with E-state index < -0.39 is 6.03 Å². The number of urea groups is 1. The van der Waals surface area contributed by atoms with Crippen LogP contribution >= 0.6 is 0 Å². The van der Waals surface area contributed by atoms with Crippen molar-refractivity contribution in [1.82, 2.24) is 0 Å². The lowest BCUT2D eigenvalue weighted by Gasteiger charge is -2.25. The van der Waals surface area contributed by atoms with Crippen molar-refractivity contribution in [2.24, 2.45) is 15.9 Å². The molecule has 1 aliphatic heterocycles. The maximum atomic E-state index is 11.5. The molecule has 2 aliphatic carbocycles. The molecule has 0 bridgehead atoms. The number of hydrogen-bond donors (Lipinski definition) is 0. The topological polar surface area (TPSA) is 41.8 Å². The second-order valence-electron chi connectivity index (χ2n) is 4.67. The molecule has 1 aromatic carbocycles. The minimum absolute atomic E-state index is 0.0607. The molecule has 90 valence electrons. The highest BCUT2D eigenvalue weighted by atomic mass is 16.2. The Hall–Kier alpha value is -2.55. The smallest absolute Gasteiger partial charge is 0.244 e. The Bertz CT molecular complexity index is 838. The van der Waals surface area contributed by atoms with Gasteiger partial charge in [-0.2, -0.15) is 9.98 Å². The van der Waals surface area contributed by atoms with Crippen LogP contribution in [0.2, 0.25) is 0 Å². The van der Waals surface area contributed by atoms with Gasteiger partial charge in [-0.15, -0.1) is 0 Å². The number of benzene rings is 1. The van der Waals surface area contributed by atoms with Crippen LogP contribution in [-0.2, 0) is 0 Å². The van der Waals surface area contributed by atoms with Crippen LogP contribution in [0.25, 0.3) is 11.1 Å². The molecule has 3 aliphatic rings. The highest BCUT2D eigenvalue weighted by molar-refractivity contribution is 6.44. The third-order valence-corrected chi connectivity index (χ3v) is 3.64. The van der Waals surface area contributed by atoms with E-state index in [0.717, 1.165) is 16.5 Å². The summed E-state index contributed by atoms with van der Waals surface area (Å²) in [6.07, 6.45) is 9.84. The summed E-state index contributed by atoms with van der Waals surface area (Å²) in [5.41, 5.74) is 2.97. The molecule has 0 saturated heterocycles. The summed E-state index contributed by atoms with van der Waals surface area (Å²) in [6, 6.07) is 7.77. The van der Waals surface area contributed by atoms with Crippen LogP contribution in [0.4, 0.5) is 4.79 Å². The number of nitrogens with zero attached hydrogens (tertiary/aromatic N) is 2. The maximum absolute atomic E-state index is 11.5. The molecule has 3 heteroatoms. The van der Waals surface area contributed by atoms with Gasteiger partial charge in [-0.1, -0.05) is 48.6 Å². The summed E-state index contributed by atoms with van der Waals surface area (Å²) in [6.45, 7) is 0. The first-order chi connectivity index (χ1) is 9.34. The van der Waals surface area contributed by atoms with E-state index in [1.54, 1.807) is 6.21 Å². The lowest BCUT2D eigenvalue weighted by Crippen LogP contribution is -2.41. The van der Waals surface area contributed by atoms with Crippen molar-refractivity contribution >= 4 is 29.1 Å². The SMILES string of the molecule is O=C1N=CC2=c3ccccc3=C3C=CC=CC3C2=N1. The zero-order valence-corrected chi connectivity index (χ0v) is 10.1. The minimum atomic E-state index is -0.416. The number of amides is 2. The van der Waals surface area contributed by atoms with Crippen molar-refractivity contribution in [2.45, 2.75) is 0 Å². The lowest BCUT2D eigenvalue weighted by atomic mass is 9.80. The number of carbonyl (C=O) groups excluding carboxylic acids is 1. The average Bonchev–Trinajstić information content (AvgIpc) is 2.47. The van der Waals surface area contributed by atoms with Crippen molar-refractivity contribution in [3.63, 3.8) is 0 Å². The van der Waals surface area contributed by atoms with Gasteiger partial charge >= 0.3 is 6.03 Å². The van der Waals surface area contributed by atoms with Crippen molar-refractivity contribution in [3.8, 4) is 0 Å². The molecule has 0 fully saturated rings. The minimum Gasteiger partial charge on any atom is -0.244 e. The maximum Gasteiger partial charge on any atom is 0.367 e. The Morgan fingerprint density at radius 1 is 1.05 bits per heavy atom. The van der Waals surface area contributed by atoms with Crippen molar-refractivity contribution in [3.05, 3.63) is 59.0 Å². The first-order valence-electron chi connectivity index (χ1n) is 6.20. The standard InChI is InChI=1S/C16H10N2O/c19-16-17-9-14-12-7-2-1-5-10(12)11-6-3-4-8-13(11)15(14)18-16/h1-9,13H. The second-order valence-corrected chi connectivity index (χ2v) is 4.67. The van der Waals surface area contributed by atoms with Crippen LogP contribution < -0.4 is 10.4 Å². The predicted octanol–water partition coefficient (Wildman–Crippen LogP) is 1.39. The molecule has 1 heterocycles. The Labute approximate surface area is 109 Å². The van der Waals surface area contributed by atoms with Gasteiger partial charge in [-0.25, -0.2) is 4.79 Å². The van der Waals surface area contributed by atoms with E-state index in [0.29, 0.717) is 0 Å². The molecule has 0 saturated carbocycles. The molecule has 2 amide bonds. The molecular formula is C16H10N2O. The van der Waals surface area contributed by atoms with Crippen LogP contribution in [0, 0.1) is 5.92 Å². The number of aliphatic imine (C=N–C) groups is 2. The highest BCUT2D eigenvalue weighted by Gasteiger charge is 2.28. The number of hydrogen-bond acceptors (Lipinski definition) is 1. The van der Waals surface area contributed by atoms with Crippen LogP contribution in [-0.4, -0.2) is 18.0 Å². The van der Waals surface area contributed by atoms with Crippen LogP contribution in [0.3, 0.4) is 0 Å². The Morgan fingerprint density at radius 2 is 1.89 bits per heavy atom. The Balaban J connectivity index is 2.21. The molecule has 0 aromatic heterocycles. The van der Waals surface area contributed by atoms with Crippen LogP contribution in [0.1, 0.15) is 0 Å². The third-order valence-electron chi connectivity index (χ3n) is 3.64. The van der Waals surface area contributed by atoms with E-state index in [9.17, 15) is 4.79 Å². The largest absolute Gasteiger partial charge is 0.367 e. The monoisotopic (exact) mass is 246 g/mol. The van der Waals surface area contributed by atoms with Gasteiger partial charge in [0.05, 0.1) is 5.71 Å². The van der Waals surface area contributed by atoms with Gasteiger partial charge in [0.15, 0.2) is 0 Å². The fraction of sp³-hybridized carbons (Fsp3) is 0.0625. The summed E-state index contributed by atoms with van der Waals surface area (Å²) in [7, 11) is 0. The zero-order chi connectivity index (χ0) is 12.8. The van der Waals surface area contributed by atoms with E-state index in [-0.39, 0.29) is 5.92 Å².